The van der Waals surface area contributed by atoms with Gasteiger partial charge in [0.25, 0.3) is 5.91 Å². The number of hydrogen-bond donors (Lipinski definition) is 4. The van der Waals surface area contributed by atoms with E-state index in [2.05, 4.69) is 27.8 Å². The Morgan fingerprint density at radius 3 is 2.22 bits per heavy atom. The van der Waals surface area contributed by atoms with Crippen LogP contribution >= 0.6 is 0 Å². The summed E-state index contributed by atoms with van der Waals surface area (Å²) in [6.07, 6.45) is 8.32. The maximum absolute atomic E-state index is 14.5. The summed E-state index contributed by atoms with van der Waals surface area (Å²) >= 11 is 0. The molecule has 2 rings (SSSR count). The van der Waals surface area contributed by atoms with Crippen LogP contribution in [0.3, 0.4) is 0 Å². The SMILES string of the molecule is C=CCNC(=O)C(=O)C(CCCC)NC(=O)[C@@H]1CC(/C=C/C(C)C)CN1C(=O)[C@@H](NC(=O)N[C@H](CN1CCCN(C)C1=O)C(C)(C)C)C(C)(C)C. The molecule has 0 spiro atoms. The standard InChI is InChI=1S/C38H65N7O6/c1-12-14-16-27(30(46)33(48)39-19-13-2)40-32(47)28-22-26(18-17-25(3)4)23-45(28)34(49)31(38(8,9)10)42-35(50)41-29(37(5,6)7)24-44-21-15-20-43(11)36(44)51/h13,17-18,25-29,31H,2,12,14-16,19-24H2,1,3-11H3,(H,39,48)(H,40,47)(H2,41,42,50)/b18-17+/t26?,27?,28-,29+,31+/m0/s1. The van der Waals surface area contributed by atoms with Gasteiger partial charge in [0, 0.05) is 39.8 Å². The smallest absolute Gasteiger partial charge is 0.319 e. The highest BCUT2D eigenvalue weighted by molar-refractivity contribution is 6.38. The van der Waals surface area contributed by atoms with Crippen LogP contribution < -0.4 is 21.3 Å². The molecular weight excluding hydrogens is 650 g/mol. The van der Waals surface area contributed by atoms with E-state index in [0.29, 0.717) is 32.5 Å². The molecule has 7 amide bonds. The van der Waals surface area contributed by atoms with Crippen molar-refractivity contribution in [3.8, 4) is 0 Å². The largest absolute Gasteiger partial charge is 0.346 e. The molecule has 0 aliphatic carbocycles. The number of carbonyl (C=O) groups excluding carboxylic acids is 6. The quantitative estimate of drug-likeness (QED) is 0.140. The molecule has 13 nitrogen and oxygen atoms in total. The Morgan fingerprint density at radius 2 is 1.65 bits per heavy atom. The summed E-state index contributed by atoms with van der Waals surface area (Å²) < 4.78 is 0. The molecule has 0 aromatic carbocycles. The highest BCUT2D eigenvalue weighted by atomic mass is 16.2. The number of urea groups is 2. The number of carbonyl (C=O) groups is 6. The van der Waals surface area contributed by atoms with Gasteiger partial charge in [-0.1, -0.05) is 93.4 Å². The van der Waals surface area contributed by atoms with Crippen LogP contribution in [0.25, 0.3) is 0 Å². The van der Waals surface area contributed by atoms with E-state index in [-0.39, 0.29) is 37.4 Å². The van der Waals surface area contributed by atoms with Gasteiger partial charge in [0.05, 0.1) is 12.1 Å². The Kier molecular flexibility index (Phi) is 16.2. The molecule has 2 aliphatic heterocycles. The topological polar surface area (TPSA) is 160 Å². The number of unbranched alkanes of at least 4 members (excludes halogenated alkanes) is 1. The van der Waals surface area contributed by atoms with Crippen LogP contribution in [0.1, 0.15) is 94.4 Å². The molecule has 2 fully saturated rings. The molecule has 2 saturated heterocycles. The summed E-state index contributed by atoms with van der Waals surface area (Å²) in [4.78, 5) is 85.6. The van der Waals surface area contributed by atoms with Gasteiger partial charge in [-0.3, -0.25) is 19.2 Å². The molecule has 288 valence electrons. The van der Waals surface area contributed by atoms with Gasteiger partial charge in [-0.15, -0.1) is 6.58 Å². The van der Waals surface area contributed by atoms with Gasteiger partial charge >= 0.3 is 12.1 Å². The third-order valence-electron chi connectivity index (χ3n) is 9.46. The number of ketones is 1. The first-order valence-electron chi connectivity index (χ1n) is 18.5. The minimum absolute atomic E-state index is 0.0871. The number of Topliss-reactive ketones (excluding diaryl/α,β-unsaturated/α-hetero) is 1. The fourth-order valence-corrected chi connectivity index (χ4v) is 6.24. The lowest BCUT2D eigenvalue weighted by molar-refractivity contribution is -0.143. The van der Waals surface area contributed by atoms with E-state index in [1.54, 1.807) is 16.8 Å². The number of nitrogens with zero attached hydrogens (tertiary/aromatic N) is 3. The summed E-state index contributed by atoms with van der Waals surface area (Å²) in [7, 11) is 1.76. The van der Waals surface area contributed by atoms with Crippen LogP contribution in [-0.4, -0.2) is 114 Å². The van der Waals surface area contributed by atoms with Gasteiger partial charge in [-0.05, 0) is 41.9 Å². The van der Waals surface area contributed by atoms with Crippen LogP contribution in [-0.2, 0) is 19.2 Å². The lowest BCUT2D eigenvalue weighted by atomic mass is 9.85. The van der Waals surface area contributed by atoms with Crippen molar-refractivity contribution in [2.75, 3.05) is 39.8 Å². The van der Waals surface area contributed by atoms with Crippen LogP contribution in [0.15, 0.2) is 24.8 Å². The third-order valence-corrected chi connectivity index (χ3v) is 9.46. The predicted octanol–water partition coefficient (Wildman–Crippen LogP) is 3.85. The zero-order valence-corrected chi connectivity index (χ0v) is 32.8. The third kappa shape index (κ3) is 13.0. The number of rotatable bonds is 16. The molecule has 2 heterocycles. The second kappa shape index (κ2) is 19.1. The maximum atomic E-state index is 14.5. The van der Waals surface area contributed by atoms with Crippen LogP contribution in [0.5, 0.6) is 0 Å². The second-order valence-electron chi connectivity index (χ2n) is 16.5. The Balaban J connectivity index is 2.37. The van der Waals surface area contributed by atoms with Crippen molar-refractivity contribution in [2.45, 2.75) is 119 Å². The minimum atomic E-state index is -1.05. The number of allylic oxidation sites excluding steroid dienone is 1. The summed E-state index contributed by atoms with van der Waals surface area (Å²) in [5, 5.41) is 11.3. The Morgan fingerprint density at radius 1 is 0.980 bits per heavy atom. The predicted molar refractivity (Wildman–Crippen MR) is 200 cm³/mol. The molecule has 0 radical (unpaired) electrons. The van der Waals surface area contributed by atoms with E-state index in [9.17, 15) is 28.8 Å². The highest BCUT2D eigenvalue weighted by Crippen LogP contribution is 2.30. The van der Waals surface area contributed by atoms with E-state index >= 15 is 0 Å². The average molecular weight is 716 g/mol. The van der Waals surface area contributed by atoms with E-state index in [4.69, 9.17) is 0 Å². The summed E-state index contributed by atoms with van der Waals surface area (Å²) in [5.74, 6) is -2.36. The Hall–Kier alpha value is -3.90. The molecule has 5 atom stereocenters. The molecule has 0 saturated carbocycles. The zero-order chi connectivity index (χ0) is 38.7. The first kappa shape index (κ1) is 43.3. The summed E-state index contributed by atoms with van der Waals surface area (Å²) in [6, 6.07) is -4.03. The van der Waals surface area contributed by atoms with Gasteiger partial charge in [0.1, 0.15) is 12.1 Å². The normalized spacial score (nSPS) is 20.2. The van der Waals surface area contributed by atoms with Gasteiger partial charge in [0.2, 0.25) is 17.6 Å². The van der Waals surface area contributed by atoms with Crippen LogP contribution in [0.2, 0.25) is 0 Å². The van der Waals surface area contributed by atoms with Crippen molar-refractivity contribution in [2.24, 2.45) is 22.7 Å². The average Bonchev–Trinajstić information content (AvgIpc) is 3.48. The van der Waals surface area contributed by atoms with E-state index in [0.717, 1.165) is 12.8 Å². The summed E-state index contributed by atoms with van der Waals surface area (Å²) in [5.41, 5.74) is -1.15. The first-order chi connectivity index (χ1) is 23.7. The highest BCUT2D eigenvalue weighted by Gasteiger charge is 2.45. The Labute approximate surface area is 305 Å². The van der Waals surface area contributed by atoms with Crippen molar-refractivity contribution >= 4 is 35.6 Å². The van der Waals surface area contributed by atoms with Gasteiger partial charge in [0.15, 0.2) is 0 Å². The molecule has 0 bridgehead atoms. The fourth-order valence-electron chi connectivity index (χ4n) is 6.24. The lowest BCUT2D eigenvalue weighted by Crippen LogP contribution is -2.62. The molecule has 2 aliphatic rings. The monoisotopic (exact) mass is 715 g/mol. The van der Waals surface area contributed by atoms with Crippen LogP contribution in [0.4, 0.5) is 9.59 Å². The van der Waals surface area contributed by atoms with Crippen molar-refractivity contribution in [1.82, 2.24) is 36.0 Å². The molecule has 4 N–H and O–H groups in total. The molecule has 0 aromatic heterocycles. The van der Waals surface area contributed by atoms with Crippen molar-refractivity contribution in [1.29, 1.82) is 0 Å². The van der Waals surface area contributed by atoms with Gasteiger partial charge in [-0.2, -0.15) is 0 Å². The van der Waals surface area contributed by atoms with Crippen LogP contribution in [0, 0.1) is 22.7 Å². The lowest BCUT2D eigenvalue weighted by Gasteiger charge is -2.40. The summed E-state index contributed by atoms with van der Waals surface area (Å²) in [6.45, 7) is 23.1. The van der Waals surface area contributed by atoms with Crippen molar-refractivity contribution < 1.29 is 28.8 Å². The molecule has 13 heteroatoms. The van der Waals surface area contributed by atoms with Crippen molar-refractivity contribution in [3.05, 3.63) is 24.8 Å². The van der Waals surface area contributed by atoms with E-state index in [1.165, 1.54) is 11.0 Å². The molecule has 2 unspecified atom stereocenters. The second-order valence-corrected chi connectivity index (χ2v) is 16.5. The number of nitrogens with one attached hydrogen (secondary N) is 4. The molecule has 51 heavy (non-hydrogen) atoms. The van der Waals surface area contributed by atoms with E-state index in [1.807, 2.05) is 74.5 Å². The number of likely N-dealkylation sites (tertiary alicyclic amines) is 1. The Bertz CT molecular complexity index is 1280. The minimum Gasteiger partial charge on any atom is -0.346 e. The van der Waals surface area contributed by atoms with E-state index < -0.39 is 64.5 Å². The number of hydrogen-bond acceptors (Lipinski definition) is 6. The molecule has 0 aromatic rings. The van der Waals surface area contributed by atoms with Gasteiger partial charge in [-0.25, -0.2) is 9.59 Å². The molecular formula is C38H65N7O6. The fraction of sp³-hybridized carbons (Fsp3) is 0.737. The van der Waals surface area contributed by atoms with Gasteiger partial charge < -0.3 is 36.0 Å². The van der Waals surface area contributed by atoms with Crippen molar-refractivity contribution in [3.63, 3.8) is 0 Å². The zero-order valence-electron chi connectivity index (χ0n) is 32.8. The number of amides is 7. The first-order valence-corrected chi connectivity index (χ1v) is 18.5. The maximum Gasteiger partial charge on any atom is 0.319 e.